The maximum atomic E-state index is 11.0. The second-order valence-corrected chi connectivity index (χ2v) is 3.98. The first kappa shape index (κ1) is 13.7. The molecule has 0 aliphatic carbocycles. The monoisotopic (exact) mass is 238 g/mol. The van der Waals surface area contributed by atoms with Gasteiger partial charge in [-0.1, -0.05) is 6.92 Å². The third-order valence-electron chi connectivity index (χ3n) is 2.59. The molecule has 0 aromatic carbocycles. The fraction of sp³-hybridized carbons (Fsp3) is 0.667. The summed E-state index contributed by atoms with van der Waals surface area (Å²) < 4.78 is 2.05. The normalized spacial score (nSPS) is 10.5. The number of carbonyl (C=O) groups excluding carboxylic acids is 1. The smallest absolute Gasteiger partial charge is 0.219 e. The van der Waals surface area contributed by atoms with Gasteiger partial charge in [-0.25, -0.2) is 4.98 Å². The van der Waals surface area contributed by atoms with E-state index in [2.05, 4.69) is 28.7 Å². The number of nitrogens with one attached hydrogen (secondary N) is 2. The van der Waals surface area contributed by atoms with Crippen LogP contribution in [-0.2, 0) is 17.8 Å². The summed E-state index contributed by atoms with van der Waals surface area (Å²) in [6.07, 6.45) is 6.27. The summed E-state index contributed by atoms with van der Waals surface area (Å²) in [7, 11) is 1.67. The van der Waals surface area contributed by atoms with E-state index in [1.54, 1.807) is 7.05 Å². The molecule has 17 heavy (non-hydrogen) atoms. The number of aryl methyl sites for hydroxylation is 1. The van der Waals surface area contributed by atoms with Gasteiger partial charge in [0.25, 0.3) is 0 Å². The van der Waals surface area contributed by atoms with Crippen molar-refractivity contribution in [2.75, 3.05) is 20.1 Å². The van der Waals surface area contributed by atoms with E-state index < -0.39 is 0 Å². The van der Waals surface area contributed by atoms with Gasteiger partial charge in [-0.2, -0.15) is 0 Å². The summed E-state index contributed by atoms with van der Waals surface area (Å²) in [6.45, 7) is 4.90. The van der Waals surface area contributed by atoms with E-state index in [1.807, 2.05) is 10.9 Å². The van der Waals surface area contributed by atoms with Crippen LogP contribution < -0.4 is 10.6 Å². The Morgan fingerprint density at radius 1 is 1.53 bits per heavy atom. The number of rotatable bonds is 8. The van der Waals surface area contributed by atoms with E-state index in [0.717, 1.165) is 38.2 Å². The third kappa shape index (κ3) is 5.49. The van der Waals surface area contributed by atoms with E-state index in [9.17, 15) is 4.79 Å². The Morgan fingerprint density at radius 2 is 2.35 bits per heavy atom. The molecule has 1 aromatic heterocycles. The van der Waals surface area contributed by atoms with Gasteiger partial charge in [0.2, 0.25) is 5.91 Å². The van der Waals surface area contributed by atoms with Gasteiger partial charge in [0, 0.05) is 39.2 Å². The van der Waals surface area contributed by atoms with Crippen molar-refractivity contribution >= 4 is 5.91 Å². The topological polar surface area (TPSA) is 59.0 Å². The van der Waals surface area contributed by atoms with Gasteiger partial charge >= 0.3 is 0 Å². The van der Waals surface area contributed by atoms with Crippen LogP contribution in [0.2, 0.25) is 0 Å². The van der Waals surface area contributed by atoms with Crippen molar-refractivity contribution in [2.24, 2.45) is 0 Å². The van der Waals surface area contributed by atoms with Gasteiger partial charge in [-0.3, -0.25) is 4.79 Å². The van der Waals surface area contributed by atoms with Gasteiger partial charge < -0.3 is 15.2 Å². The van der Waals surface area contributed by atoms with Gasteiger partial charge in [0.05, 0.1) is 12.0 Å². The lowest BCUT2D eigenvalue weighted by molar-refractivity contribution is -0.120. The number of nitrogens with zero attached hydrogens (tertiary/aromatic N) is 2. The van der Waals surface area contributed by atoms with Gasteiger partial charge in [-0.05, 0) is 13.0 Å². The van der Waals surface area contributed by atoms with Gasteiger partial charge in [0.1, 0.15) is 0 Å². The first-order chi connectivity index (χ1) is 8.26. The fourth-order valence-corrected chi connectivity index (χ4v) is 1.60. The molecule has 5 nitrogen and oxygen atoms in total. The van der Waals surface area contributed by atoms with Crippen LogP contribution in [0.25, 0.3) is 0 Å². The number of likely N-dealkylation sites (N-methyl/N-ethyl adjacent to an activating group) is 1. The minimum Gasteiger partial charge on any atom is -0.359 e. The van der Waals surface area contributed by atoms with Crippen LogP contribution in [0.15, 0.2) is 12.5 Å². The second-order valence-electron chi connectivity index (χ2n) is 3.98. The molecule has 0 fully saturated rings. The average Bonchev–Trinajstić information content (AvgIpc) is 2.77. The number of amides is 1. The maximum Gasteiger partial charge on any atom is 0.219 e. The van der Waals surface area contributed by atoms with Crippen LogP contribution in [-0.4, -0.2) is 35.6 Å². The molecule has 0 radical (unpaired) electrons. The summed E-state index contributed by atoms with van der Waals surface area (Å²) in [5, 5.41) is 5.89. The lowest BCUT2D eigenvalue weighted by Crippen LogP contribution is -2.17. The fourth-order valence-electron chi connectivity index (χ4n) is 1.60. The molecule has 5 heteroatoms. The standard InChI is InChI=1S/C12H22N4O/c1-3-14-7-6-11-9-16(10-15-11)8-4-5-12(17)13-2/h9-10,14H,3-8H2,1-2H3,(H,13,17). The van der Waals surface area contributed by atoms with Crippen molar-refractivity contribution in [3.05, 3.63) is 18.2 Å². The van der Waals surface area contributed by atoms with Crippen molar-refractivity contribution in [2.45, 2.75) is 32.7 Å². The summed E-state index contributed by atoms with van der Waals surface area (Å²) >= 11 is 0. The Balaban J connectivity index is 2.23. The molecule has 0 saturated heterocycles. The average molecular weight is 238 g/mol. The molecular weight excluding hydrogens is 216 g/mol. The Kier molecular flexibility index (Phi) is 6.32. The van der Waals surface area contributed by atoms with Crippen LogP contribution in [0.4, 0.5) is 0 Å². The molecule has 96 valence electrons. The predicted molar refractivity (Wildman–Crippen MR) is 67.8 cm³/mol. The van der Waals surface area contributed by atoms with Crippen LogP contribution in [0, 0.1) is 0 Å². The van der Waals surface area contributed by atoms with Crippen LogP contribution in [0.3, 0.4) is 0 Å². The maximum absolute atomic E-state index is 11.0. The third-order valence-corrected chi connectivity index (χ3v) is 2.59. The van der Waals surface area contributed by atoms with E-state index in [-0.39, 0.29) is 5.91 Å². The molecule has 0 spiro atoms. The zero-order valence-electron chi connectivity index (χ0n) is 10.7. The van der Waals surface area contributed by atoms with E-state index in [0.29, 0.717) is 6.42 Å². The van der Waals surface area contributed by atoms with Crippen molar-refractivity contribution in [1.82, 2.24) is 20.2 Å². The zero-order valence-corrected chi connectivity index (χ0v) is 10.7. The Labute approximate surface area is 103 Å². The number of hydrogen-bond donors (Lipinski definition) is 2. The molecule has 0 aliphatic rings. The molecule has 1 amide bonds. The molecule has 0 bridgehead atoms. The highest BCUT2D eigenvalue weighted by atomic mass is 16.1. The molecule has 0 atom stereocenters. The Bertz CT molecular complexity index is 335. The predicted octanol–water partition coefficient (Wildman–Crippen LogP) is 0.561. The summed E-state index contributed by atoms with van der Waals surface area (Å²) in [5.74, 6) is 0.0949. The van der Waals surface area contributed by atoms with Gasteiger partial charge in [-0.15, -0.1) is 0 Å². The summed E-state index contributed by atoms with van der Waals surface area (Å²) in [6, 6.07) is 0. The lowest BCUT2D eigenvalue weighted by atomic mass is 10.3. The first-order valence-corrected chi connectivity index (χ1v) is 6.18. The van der Waals surface area contributed by atoms with Gasteiger partial charge in [0.15, 0.2) is 0 Å². The van der Waals surface area contributed by atoms with Crippen LogP contribution >= 0.6 is 0 Å². The minimum absolute atomic E-state index is 0.0949. The SMILES string of the molecule is CCNCCc1cn(CCCC(=O)NC)cn1. The molecule has 1 rings (SSSR count). The largest absolute Gasteiger partial charge is 0.359 e. The summed E-state index contributed by atoms with van der Waals surface area (Å²) in [4.78, 5) is 15.4. The van der Waals surface area contributed by atoms with Crippen molar-refractivity contribution in [3.8, 4) is 0 Å². The molecule has 1 aromatic rings. The number of aromatic nitrogens is 2. The lowest BCUT2D eigenvalue weighted by Gasteiger charge is -2.01. The number of imidazole rings is 1. The minimum atomic E-state index is 0.0949. The number of hydrogen-bond acceptors (Lipinski definition) is 3. The van der Waals surface area contributed by atoms with Crippen molar-refractivity contribution < 1.29 is 4.79 Å². The molecule has 0 unspecified atom stereocenters. The van der Waals surface area contributed by atoms with E-state index >= 15 is 0 Å². The molecular formula is C12H22N4O. The molecule has 0 saturated carbocycles. The molecule has 1 heterocycles. The molecule has 0 aliphatic heterocycles. The van der Waals surface area contributed by atoms with E-state index in [4.69, 9.17) is 0 Å². The van der Waals surface area contributed by atoms with E-state index in [1.165, 1.54) is 0 Å². The summed E-state index contributed by atoms with van der Waals surface area (Å²) in [5.41, 5.74) is 1.10. The Morgan fingerprint density at radius 3 is 3.06 bits per heavy atom. The van der Waals surface area contributed by atoms with Crippen molar-refractivity contribution in [1.29, 1.82) is 0 Å². The highest BCUT2D eigenvalue weighted by molar-refractivity contribution is 5.75. The highest BCUT2D eigenvalue weighted by Crippen LogP contribution is 2.00. The van der Waals surface area contributed by atoms with Crippen LogP contribution in [0.5, 0.6) is 0 Å². The van der Waals surface area contributed by atoms with Crippen LogP contribution in [0.1, 0.15) is 25.5 Å². The highest BCUT2D eigenvalue weighted by Gasteiger charge is 2.00. The second kappa shape index (κ2) is 7.84. The number of carbonyl (C=O) groups is 1. The zero-order chi connectivity index (χ0) is 12.5. The quantitative estimate of drug-likeness (QED) is 0.651. The molecule has 2 N–H and O–H groups in total. The Hall–Kier alpha value is -1.36. The first-order valence-electron chi connectivity index (χ1n) is 6.18. The van der Waals surface area contributed by atoms with Crippen molar-refractivity contribution in [3.63, 3.8) is 0 Å².